The quantitative estimate of drug-likeness (QED) is 0.828. The molecule has 0 aliphatic heterocycles. The van der Waals surface area contributed by atoms with Crippen LogP contribution in [0.15, 0.2) is 27.1 Å². The van der Waals surface area contributed by atoms with Crippen molar-refractivity contribution in [3.63, 3.8) is 0 Å². The number of hydrogen-bond donors (Lipinski definition) is 1. The lowest BCUT2D eigenvalue weighted by Gasteiger charge is -1.99. The lowest BCUT2D eigenvalue weighted by molar-refractivity contribution is -0.105. The average molecular weight is 279 g/mol. The molecule has 4 heteroatoms. The highest BCUT2D eigenvalue weighted by molar-refractivity contribution is 9.13. The Bertz CT molecular complexity index is 275. The largest absolute Gasteiger partial charge is 0.329 e. The summed E-state index contributed by atoms with van der Waals surface area (Å²) in [5.74, 6) is 0. The van der Waals surface area contributed by atoms with Gasteiger partial charge in [0.25, 0.3) is 0 Å². The standard InChI is InChI=1S/C7H5Br2NO/c8-6-2-1-5(10-4-11)3-7(6)9/h1-4H,(H,10,11). The van der Waals surface area contributed by atoms with Crippen LogP contribution in [0, 0.1) is 0 Å². The van der Waals surface area contributed by atoms with Gasteiger partial charge in [0.1, 0.15) is 0 Å². The fourth-order valence-electron chi connectivity index (χ4n) is 0.654. The van der Waals surface area contributed by atoms with Crippen LogP contribution in [0.3, 0.4) is 0 Å². The van der Waals surface area contributed by atoms with Crippen molar-refractivity contribution in [2.24, 2.45) is 0 Å². The van der Waals surface area contributed by atoms with Crippen molar-refractivity contribution in [3.05, 3.63) is 27.1 Å². The van der Waals surface area contributed by atoms with Crippen molar-refractivity contribution < 1.29 is 4.79 Å². The second kappa shape index (κ2) is 3.88. The van der Waals surface area contributed by atoms with Crippen LogP contribution in [0.25, 0.3) is 0 Å². The molecule has 11 heavy (non-hydrogen) atoms. The highest BCUT2D eigenvalue weighted by Gasteiger charge is 1.96. The summed E-state index contributed by atoms with van der Waals surface area (Å²) in [4.78, 5) is 10.0. The minimum Gasteiger partial charge on any atom is -0.329 e. The predicted molar refractivity (Wildman–Crippen MR) is 51.5 cm³/mol. The lowest BCUT2D eigenvalue weighted by atomic mass is 10.3. The predicted octanol–water partition coefficient (Wildman–Crippen LogP) is 2.78. The highest BCUT2D eigenvalue weighted by Crippen LogP contribution is 2.25. The summed E-state index contributed by atoms with van der Waals surface area (Å²) in [5.41, 5.74) is 0.773. The SMILES string of the molecule is O=CNc1ccc(Br)c(Br)c1. The van der Waals surface area contributed by atoms with Crippen LogP contribution in [0.5, 0.6) is 0 Å². The monoisotopic (exact) mass is 277 g/mol. The number of hydrogen-bond acceptors (Lipinski definition) is 1. The first-order valence-corrected chi connectivity index (χ1v) is 4.48. The molecule has 0 unspecified atom stereocenters. The van der Waals surface area contributed by atoms with E-state index >= 15 is 0 Å². The van der Waals surface area contributed by atoms with Crippen LogP contribution in [-0.4, -0.2) is 6.41 Å². The van der Waals surface area contributed by atoms with Crippen LogP contribution >= 0.6 is 31.9 Å². The second-order valence-electron chi connectivity index (χ2n) is 1.89. The van der Waals surface area contributed by atoms with Crippen molar-refractivity contribution in [1.82, 2.24) is 0 Å². The first-order chi connectivity index (χ1) is 5.24. The summed E-state index contributed by atoms with van der Waals surface area (Å²) >= 11 is 6.63. The van der Waals surface area contributed by atoms with E-state index in [-0.39, 0.29) is 0 Å². The normalized spacial score (nSPS) is 9.27. The Balaban J connectivity index is 2.95. The number of rotatable bonds is 2. The molecule has 0 atom stereocenters. The molecule has 0 aliphatic carbocycles. The van der Waals surface area contributed by atoms with Crippen LogP contribution in [-0.2, 0) is 4.79 Å². The third-order valence-electron chi connectivity index (χ3n) is 1.15. The van der Waals surface area contributed by atoms with Crippen molar-refractivity contribution in [1.29, 1.82) is 0 Å². The van der Waals surface area contributed by atoms with Crippen LogP contribution in [0.1, 0.15) is 0 Å². The van der Waals surface area contributed by atoms with Gasteiger partial charge in [0.2, 0.25) is 6.41 Å². The molecule has 58 valence electrons. The summed E-state index contributed by atoms with van der Waals surface area (Å²) in [6.07, 6.45) is 0.648. The molecule has 0 saturated carbocycles. The maximum absolute atomic E-state index is 10.0. The van der Waals surface area contributed by atoms with Gasteiger partial charge in [0.05, 0.1) is 0 Å². The third kappa shape index (κ3) is 2.31. The molecule has 0 heterocycles. The van der Waals surface area contributed by atoms with E-state index in [1.165, 1.54) is 0 Å². The van der Waals surface area contributed by atoms with Crippen molar-refractivity contribution in [2.45, 2.75) is 0 Å². The molecule has 0 spiro atoms. The third-order valence-corrected chi connectivity index (χ3v) is 3.02. The van der Waals surface area contributed by atoms with Gasteiger partial charge < -0.3 is 5.32 Å². The van der Waals surface area contributed by atoms with Gasteiger partial charge in [-0.05, 0) is 50.1 Å². The van der Waals surface area contributed by atoms with E-state index in [1.807, 2.05) is 18.2 Å². The summed E-state index contributed by atoms with van der Waals surface area (Å²) in [6, 6.07) is 5.48. The fourth-order valence-corrected chi connectivity index (χ4v) is 1.28. The van der Waals surface area contributed by atoms with E-state index in [0.29, 0.717) is 6.41 Å². The van der Waals surface area contributed by atoms with E-state index in [1.54, 1.807) is 0 Å². The number of carbonyl (C=O) groups excluding carboxylic acids is 1. The lowest BCUT2D eigenvalue weighted by Crippen LogP contribution is -1.92. The van der Waals surface area contributed by atoms with Crippen molar-refractivity contribution >= 4 is 44.0 Å². The molecule has 1 aromatic rings. The number of amides is 1. The number of halogens is 2. The minimum atomic E-state index is 0.648. The summed E-state index contributed by atoms with van der Waals surface area (Å²) in [6.45, 7) is 0. The Morgan fingerprint density at radius 1 is 1.27 bits per heavy atom. The maximum atomic E-state index is 10.0. The minimum absolute atomic E-state index is 0.648. The smallest absolute Gasteiger partial charge is 0.211 e. The molecule has 0 bridgehead atoms. The van der Waals surface area contributed by atoms with Gasteiger partial charge in [0.15, 0.2) is 0 Å². The molecule has 1 rings (SSSR count). The van der Waals surface area contributed by atoms with Crippen LogP contribution in [0.2, 0.25) is 0 Å². The molecule has 0 aromatic heterocycles. The van der Waals surface area contributed by atoms with E-state index < -0.39 is 0 Å². The van der Waals surface area contributed by atoms with Gasteiger partial charge in [-0.2, -0.15) is 0 Å². The van der Waals surface area contributed by atoms with Gasteiger partial charge in [-0.1, -0.05) is 0 Å². The number of carbonyl (C=O) groups is 1. The van der Waals surface area contributed by atoms with Gasteiger partial charge >= 0.3 is 0 Å². The van der Waals surface area contributed by atoms with Crippen LogP contribution in [0.4, 0.5) is 5.69 Å². The molecule has 1 amide bonds. The molecule has 1 N–H and O–H groups in total. The highest BCUT2D eigenvalue weighted by atomic mass is 79.9. The first-order valence-electron chi connectivity index (χ1n) is 2.89. The molecule has 0 radical (unpaired) electrons. The zero-order valence-electron chi connectivity index (χ0n) is 5.47. The average Bonchev–Trinajstić information content (AvgIpc) is 1.98. The first kappa shape index (κ1) is 8.74. The number of nitrogens with one attached hydrogen (secondary N) is 1. The summed E-state index contributed by atoms with van der Waals surface area (Å²) in [7, 11) is 0. The van der Waals surface area contributed by atoms with Gasteiger partial charge in [-0.15, -0.1) is 0 Å². The summed E-state index contributed by atoms with van der Waals surface area (Å²) < 4.78 is 1.89. The van der Waals surface area contributed by atoms with Gasteiger partial charge in [-0.25, -0.2) is 0 Å². The number of benzene rings is 1. The van der Waals surface area contributed by atoms with E-state index in [4.69, 9.17) is 0 Å². The Hall–Kier alpha value is -0.350. The number of anilines is 1. The Kier molecular flexibility index (Phi) is 3.08. The maximum Gasteiger partial charge on any atom is 0.211 e. The van der Waals surface area contributed by atoms with E-state index in [0.717, 1.165) is 14.6 Å². The molecular weight excluding hydrogens is 274 g/mol. The topological polar surface area (TPSA) is 29.1 Å². The Morgan fingerprint density at radius 2 is 2.00 bits per heavy atom. The van der Waals surface area contributed by atoms with Gasteiger partial charge in [0, 0.05) is 14.6 Å². The fraction of sp³-hybridized carbons (Fsp3) is 0. The summed E-state index contributed by atoms with van der Waals surface area (Å²) in [5, 5.41) is 2.54. The zero-order chi connectivity index (χ0) is 8.27. The molecule has 1 aromatic carbocycles. The molecule has 0 saturated heterocycles. The Morgan fingerprint density at radius 3 is 2.55 bits per heavy atom. The van der Waals surface area contributed by atoms with Crippen LogP contribution < -0.4 is 5.32 Å². The second-order valence-corrected chi connectivity index (χ2v) is 3.60. The molecular formula is C7H5Br2NO. The molecule has 0 aliphatic rings. The van der Waals surface area contributed by atoms with Crippen molar-refractivity contribution in [3.8, 4) is 0 Å². The van der Waals surface area contributed by atoms with Crippen molar-refractivity contribution in [2.75, 3.05) is 5.32 Å². The van der Waals surface area contributed by atoms with Gasteiger partial charge in [-0.3, -0.25) is 4.79 Å². The van der Waals surface area contributed by atoms with E-state index in [9.17, 15) is 4.79 Å². The van der Waals surface area contributed by atoms with E-state index in [2.05, 4.69) is 37.2 Å². The Labute approximate surface area is 81.2 Å². The molecule has 2 nitrogen and oxygen atoms in total. The zero-order valence-corrected chi connectivity index (χ0v) is 8.65. The molecule has 0 fully saturated rings.